The summed E-state index contributed by atoms with van der Waals surface area (Å²) in [5, 5.41) is 4.62. The number of benzene rings is 3. The molecule has 1 aliphatic rings. The number of carbonyl (C=O) groups is 3. The number of benzodiazepines with no additional fused rings is 1. The molecule has 3 aromatic carbocycles. The van der Waals surface area contributed by atoms with E-state index in [-0.39, 0.29) is 0 Å². The van der Waals surface area contributed by atoms with Crippen molar-refractivity contribution in [3.63, 3.8) is 0 Å². The summed E-state index contributed by atoms with van der Waals surface area (Å²) in [6.07, 6.45) is -1.39. The van der Waals surface area contributed by atoms with Crippen LogP contribution >= 0.6 is 0 Å². The van der Waals surface area contributed by atoms with Crippen LogP contribution in [0.2, 0.25) is 0 Å². The second kappa shape index (κ2) is 11.5. The van der Waals surface area contributed by atoms with Crippen molar-refractivity contribution >= 4 is 29.1 Å². The summed E-state index contributed by atoms with van der Waals surface area (Å²) in [5.74, 6) is -15.5. The topological polar surface area (TPSA) is 100 Å². The van der Waals surface area contributed by atoms with E-state index < -0.39 is 71.4 Å². The number of ether oxygens (including phenoxy) is 1. The maximum absolute atomic E-state index is 13.8. The van der Waals surface area contributed by atoms with Gasteiger partial charge in [-0.25, -0.2) is 18.2 Å². The third kappa shape index (κ3) is 5.48. The Hall–Kier alpha value is -4.81. The molecule has 0 radical (unpaired) electrons. The molecule has 1 heterocycles. The Morgan fingerprint density at radius 1 is 0.925 bits per heavy atom. The zero-order valence-electron chi connectivity index (χ0n) is 21.0. The molecule has 3 amide bonds. The summed E-state index contributed by atoms with van der Waals surface area (Å²) in [6, 6.07) is 14.7. The van der Waals surface area contributed by atoms with E-state index >= 15 is 0 Å². The SMILES string of the molecule is C[C@H](NC(=O)COc1c(F)c(F)c(F)c(F)c1F)C(=O)N[C@H]1N=C(c2ccccc2)c2ccccc2N(C)C1=O. The van der Waals surface area contributed by atoms with Gasteiger partial charge in [-0.3, -0.25) is 14.4 Å². The number of rotatable bonds is 7. The quantitative estimate of drug-likeness (QED) is 0.263. The minimum Gasteiger partial charge on any atom is -0.477 e. The predicted molar refractivity (Wildman–Crippen MR) is 133 cm³/mol. The normalized spacial score (nSPS) is 15.5. The van der Waals surface area contributed by atoms with Gasteiger partial charge >= 0.3 is 0 Å². The molecule has 2 atom stereocenters. The summed E-state index contributed by atoms with van der Waals surface area (Å²) in [4.78, 5) is 44.1. The van der Waals surface area contributed by atoms with Crippen LogP contribution in [0.25, 0.3) is 0 Å². The fourth-order valence-electron chi connectivity index (χ4n) is 3.90. The van der Waals surface area contributed by atoms with Gasteiger partial charge in [0.05, 0.1) is 11.4 Å². The molecule has 4 rings (SSSR count). The Kier molecular flexibility index (Phi) is 8.12. The minimum absolute atomic E-state index is 0.437. The fraction of sp³-hybridized carbons (Fsp3) is 0.185. The van der Waals surface area contributed by atoms with Crippen molar-refractivity contribution < 1.29 is 41.1 Å². The van der Waals surface area contributed by atoms with Crippen LogP contribution < -0.4 is 20.3 Å². The van der Waals surface area contributed by atoms with Crippen LogP contribution in [0, 0.1) is 29.1 Å². The molecule has 13 heteroatoms. The van der Waals surface area contributed by atoms with Crippen molar-refractivity contribution in [2.45, 2.75) is 19.1 Å². The van der Waals surface area contributed by atoms with Crippen LogP contribution in [0.15, 0.2) is 59.6 Å². The molecule has 2 N–H and O–H groups in total. The molecule has 1 aliphatic heterocycles. The molecule has 3 aromatic rings. The highest BCUT2D eigenvalue weighted by molar-refractivity contribution is 6.20. The summed E-state index contributed by atoms with van der Waals surface area (Å²) < 4.78 is 71.9. The van der Waals surface area contributed by atoms with E-state index in [0.29, 0.717) is 22.5 Å². The molecule has 0 fully saturated rings. The van der Waals surface area contributed by atoms with Gasteiger partial charge in [-0.05, 0) is 13.0 Å². The first-order valence-electron chi connectivity index (χ1n) is 11.7. The number of carbonyl (C=O) groups excluding carboxylic acids is 3. The van der Waals surface area contributed by atoms with Gasteiger partial charge in [0.25, 0.3) is 11.8 Å². The molecule has 0 unspecified atom stereocenters. The monoisotopic (exact) mass is 560 g/mol. The van der Waals surface area contributed by atoms with E-state index in [2.05, 4.69) is 20.4 Å². The highest BCUT2D eigenvalue weighted by Gasteiger charge is 2.32. The first-order valence-corrected chi connectivity index (χ1v) is 11.7. The van der Waals surface area contributed by atoms with Gasteiger partial charge in [-0.15, -0.1) is 0 Å². The average Bonchev–Trinajstić information content (AvgIpc) is 3.06. The zero-order chi connectivity index (χ0) is 29.1. The molecule has 0 bridgehead atoms. The highest BCUT2D eigenvalue weighted by Crippen LogP contribution is 2.29. The molecular weight excluding hydrogens is 539 g/mol. The van der Waals surface area contributed by atoms with Gasteiger partial charge < -0.3 is 20.3 Å². The van der Waals surface area contributed by atoms with Crippen LogP contribution in [0.4, 0.5) is 27.6 Å². The van der Waals surface area contributed by atoms with Gasteiger partial charge in [0.2, 0.25) is 41.2 Å². The van der Waals surface area contributed by atoms with Crippen LogP contribution in [-0.4, -0.2) is 49.3 Å². The molecule has 0 saturated heterocycles. The van der Waals surface area contributed by atoms with E-state index in [4.69, 9.17) is 0 Å². The highest BCUT2D eigenvalue weighted by atomic mass is 19.2. The molecule has 0 aliphatic carbocycles. The van der Waals surface area contributed by atoms with E-state index in [9.17, 15) is 36.3 Å². The number of hydrogen-bond donors (Lipinski definition) is 2. The van der Waals surface area contributed by atoms with Gasteiger partial charge in [0, 0.05) is 18.2 Å². The number of anilines is 1. The first kappa shape index (κ1) is 28.2. The number of fused-ring (bicyclic) bond motifs is 1. The Labute approximate surface area is 224 Å². The fourth-order valence-corrected chi connectivity index (χ4v) is 3.90. The summed E-state index contributed by atoms with van der Waals surface area (Å²) in [7, 11) is 1.52. The number of halogens is 5. The Balaban J connectivity index is 1.48. The maximum Gasteiger partial charge on any atom is 0.272 e. The van der Waals surface area contributed by atoms with Crippen LogP contribution in [0.1, 0.15) is 18.1 Å². The lowest BCUT2D eigenvalue weighted by molar-refractivity contribution is -0.131. The number of nitrogens with zero attached hydrogens (tertiary/aromatic N) is 2. The summed E-state index contributed by atoms with van der Waals surface area (Å²) >= 11 is 0. The molecular formula is C27H21F5N4O4. The Morgan fingerprint density at radius 3 is 2.15 bits per heavy atom. The van der Waals surface area contributed by atoms with Crippen molar-refractivity contribution in [3.05, 3.63) is 94.8 Å². The van der Waals surface area contributed by atoms with Gasteiger partial charge in [-0.1, -0.05) is 48.5 Å². The lowest BCUT2D eigenvalue weighted by Gasteiger charge is -2.22. The third-order valence-electron chi connectivity index (χ3n) is 5.96. The van der Waals surface area contributed by atoms with Crippen molar-refractivity contribution in [3.8, 4) is 5.75 Å². The molecule has 8 nitrogen and oxygen atoms in total. The van der Waals surface area contributed by atoms with E-state index in [0.717, 1.165) is 0 Å². The summed E-state index contributed by atoms with van der Waals surface area (Å²) in [6.45, 7) is 0.0692. The number of para-hydroxylation sites is 1. The molecule has 0 aromatic heterocycles. The molecule has 40 heavy (non-hydrogen) atoms. The second-order valence-electron chi connectivity index (χ2n) is 8.65. The number of hydrogen-bond acceptors (Lipinski definition) is 5. The Bertz CT molecular complexity index is 1490. The smallest absolute Gasteiger partial charge is 0.272 e. The van der Waals surface area contributed by atoms with E-state index in [1.54, 1.807) is 48.5 Å². The van der Waals surface area contributed by atoms with Gasteiger partial charge in [0.15, 0.2) is 12.4 Å². The van der Waals surface area contributed by atoms with Gasteiger partial charge in [-0.2, -0.15) is 8.78 Å². The van der Waals surface area contributed by atoms with Crippen LogP contribution in [-0.2, 0) is 14.4 Å². The lowest BCUT2D eigenvalue weighted by Crippen LogP contribution is -2.52. The van der Waals surface area contributed by atoms with Gasteiger partial charge in [0.1, 0.15) is 6.04 Å². The lowest BCUT2D eigenvalue weighted by atomic mass is 10.0. The predicted octanol–water partition coefficient (Wildman–Crippen LogP) is 3.22. The van der Waals surface area contributed by atoms with Crippen LogP contribution in [0.3, 0.4) is 0 Å². The van der Waals surface area contributed by atoms with Crippen molar-refractivity contribution in [1.82, 2.24) is 10.6 Å². The second-order valence-corrected chi connectivity index (χ2v) is 8.65. The number of amides is 3. The standard InChI is InChI=1S/C27H21F5N4O4/c1-13(33-17(37)12-40-24-21(31)19(29)18(28)20(30)22(24)32)26(38)35-25-27(39)36(2)16-11-7-6-10-15(16)23(34-25)14-8-4-3-5-9-14/h3-11,13,25H,12H2,1-2H3,(H,33,37)(H,35,38)/t13-,25+/m0/s1. The van der Waals surface area contributed by atoms with Crippen molar-refractivity contribution in [2.75, 3.05) is 18.6 Å². The van der Waals surface area contributed by atoms with Crippen molar-refractivity contribution in [2.24, 2.45) is 4.99 Å². The molecule has 0 saturated carbocycles. The van der Waals surface area contributed by atoms with Crippen molar-refractivity contribution in [1.29, 1.82) is 0 Å². The first-order chi connectivity index (χ1) is 19.0. The Morgan fingerprint density at radius 2 is 1.50 bits per heavy atom. The maximum atomic E-state index is 13.8. The van der Waals surface area contributed by atoms with Crippen LogP contribution in [0.5, 0.6) is 5.75 Å². The minimum atomic E-state index is -2.38. The largest absolute Gasteiger partial charge is 0.477 e. The summed E-state index contributed by atoms with van der Waals surface area (Å²) in [5.41, 5.74) is 2.32. The number of aliphatic imine (C=N–C) groups is 1. The number of nitrogens with one attached hydrogen (secondary N) is 2. The third-order valence-corrected chi connectivity index (χ3v) is 5.96. The molecule has 0 spiro atoms. The van der Waals surface area contributed by atoms with E-state index in [1.807, 2.05) is 6.07 Å². The number of likely N-dealkylation sites (N-methyl/N-ethyl adjacent to an activating group) is 1. The van der Waals surface area contributed by atoms with E-state index in [1.165, 1.54) is 18.9 Å². The zero-order valence-corrected chi connectivity index (χ0v) is 21.0. The average molecular weight is 560 g/mol. The molecule has 208 valence electrons.